The van der Waals surface area contributed by atoms with E-state index in [2.05, 4.69) is 5.32 Å². The Bertz CT molecular complexity index is 987. The van der Waals surface area contributed by atoms with Gasteiger partial charge in [-0.1, -0.05) is 25.4 Å². The maximum absolute atomic E-state index is 12.9. The maximum Gasteiger partial charge on any atom is 0.416 e. The number of carbonyl (C=O) groups excluding carboxylic acids is 1. The van der Waals surface area contributed by atoms with E-state index >= 15 is 0 Å². The largest absolute Gasteiger partial charge is 0.416 e. The van der Waals surface area contributed by atoms with E-state index in [-0.39, 0.29) is 21.2 Å². The molecule has 0 fully saturated rings. The quantitative estimate of drug-likeness (QED) is 0.569. The van der Waals surface area contributed by atoms with Crippen molar-refractivity contribution in [2.75, 3.05) is 18.4 Å². The number of amides is 1. The number of anilines is 1. The molecule has 0 atom stereocenters. The Labute approximate surface area is 178 Å². The van der Waals surface area contributed by atoms with Gasteiger partial charge in [-0.15, -0.1) is 0 Å². The second kappa shape index (κ2) is 9.80. The first-order valence-corrected chi connectivity index (χ1v) is 11.1. The molecule has 2 aromatic rings. The normalized spacial score (nSPS) is 12.2. The van der Waals surface area contributed by atoms with Crippen molar-refractivity contribution in [2.24, 2.45) is 0 Å². The van der Waals surface area contributed by atoms with E-state index in [4.69, 9.17) is 11.6 Å². The van der Waals surface area contributed by atoms with Gasteiger partial charge in [-0.25, -0.2) is 8.42 Å². The highest BCUT2D eigenvalue weighted by atomic mass is 35.5. The van der Waals surface area contributed by atoms with Crippen molar-refractivity contribution in [3.63, 3.8) is 0 Å². The van der Waals surface area contributed by atoms with Crippen LogP contribution in [0.2, 0.25) is 5.02 Å². The summed E-state index contributed by atoms with van der Waals surface area (Å²) in [6, 6.07) is 7.82. The van der Waals surface area contributed by atoms with Crippen LogP contribution in [-0.4, -0.2) is 31.7 Å². The average molecular weight is 463 g/mol. The minimum Gasteiger partial charge on any atom is -0.321 e. The summed E-state index contributed by atoms with van der Waals surface area (Å²) < 4.78 is 65.5. The molecule has 1 N–H and O–H groups in total. The smallest absolute Gasteiger partial charge is 0.321 e. The van der Waals surface area contributed by atoms with Gasteiger partial charge in [0.1, 0.15) is 0 Å². The molecule has 2 aromatic carbocycles. The van der Waals surface area contributed by atoms with E-state index in [1.165, 1.54) is 28.6 Å². The molecule has 0 bridgehead atoms. The minimum absolute atomic E-state index is 0.0399. The number of hydrogen-bond donors (Lipinski definition) is 1. The molecule has 30 heavy (non-hydrogen) atoms. The summed E-state index contributed by atoms with van der Waals surface area (Å²) in [4.78, 5) is 12.5. The van der Waals surface area contributed by atoms with Gasteiger partial charge < -0.3 is 5.32 Å². The second-order valence-electron chi connectivity index (χ2n) is 6.57. The Balaban J connectivity index is 2.24. The van der Waals surface area contributed by atoms with Crippen LogP contribution in [0.15, 0.2) is 47.4 Å². The van der Waals surface area contributed by atoms with Crippen molar-refractivity contribution in [3.8, 4) is 0 Å². The number of nitrogens with zero attached hydrogens (tertiary/aromatic N) is 1. The molecule has 0 aromatic heterocycles. The first-order chi connectivity index (χ1) is 14.0. The zero-order valence-corrected chi connectivity index (χ0v) is 18.0. The van der Waals surface area contributed by atoms with Crippen LogP contribution in [-0.2, 0) is 16.2 Å². The summed E-state index contributed by atoms with van der Waals surface area (Å²) >= 11 is 5.89. The van der Waals surface area contributed by atoms with Crippen LogP contribution in [0, 0.1) is 0 Å². The number of halogens is 4. The number of carbonyl (C=O) groups is 1. The summed E-state index contributed by atoms with van der Waals surface area (Å²) in [6.45, 7) is 4.52. The molecular weight excluding hydrogens is 441 g/mol. The zero-order chi connectivity index (χ0) is 22.5. The van der Waals surface area contributed by atoms with Gasteiger partial charge in [0.2, 0.25) is 10.0 Å². The minimum atomic E-state index is -4.58. The summed E-state index contributed by atoms with van der Waals surface area (Å²) in [5.74, 6) is -0.709. The second-order valence-corrected chi connectivity index (χ2v) is 8.92. The van der Waals surface area contributed by atoms with Crippen molar-refractivity contribution in [2.45, 2.75) is 37.8 Å². The Kier molecular flexibility index (Phi) is 7.90. The van der Waals surface area contributed by atoms with E-state index in [1.54, 1.807) is 0 Å². The van der Waals surface area contributed by atoms with Crippen LogP contribution in [0.1, 0.15) is 42.6 Å². The van der Waals surface area contributed by atoms with E-state index in [0.717, 1.165) is 18.2 Å². The molecule has 0 unspecified atom stereocenters. The van der Waals surface area contributed by atoms with Crippen LogP contribution in [0.5, 0.6) is 0 Å². The first-order valence-electron chi connectivity index (χ1n) is 9.29. The summed E-state index contributed by atoms with van der Waals surface area (Å²) in [5.41, 5.74) is -1.05. The van der Waals surface area contributed by atoms with Crippen LogP contribution in [0.3, 0.4) is 0 Å². The SMILES string of the molecule is CCCN(CCC)S(=O)(=O)c1ccc(C(=O)Nc2cc(C(F)(F)F)ccc2Cl)cc1. The lowest BCUT2D eigenvalue weighted by Gasteiger charge is -2.21. The van der Waals surface area contributed by atoms with Crippen molar-refractivity contribution in [1.29, 1.82) is 0 Å². The number of rotatable bonds is 8. The Morgan fingerprint density at radius 2 is 1.60 bits per heavy atom. The van der Waals surface area contributed by atoms with Crippen molar-refractivity contribution >= 4 is 33.2 Å². The monoisotopic (exact) mass is 462 g/mol. The fourth-order valence-corrected chi connectivity index (χ4v) is 4.56. The topological polar surface area (TPSA) is 66.5 Å². The predicted molar refractivity (Wildman–Crippen MR) is 110 cm³/mol. The highest BCUT2D eigenvalue weighted by Crippen LogP contribution is 2.34. The highest BCUT2D eigenvalue weighted by Gasteiger charge is 2.31. The van der Waals surface area contributed by atoms with Gasteiger partial charge in [-0.05, 0) is 55.3 Å². The number of benzene rings is 2. The molecule has 0 saturated heterocycles. The number of hydrogen-bond acceptors (Lipinski definition) is 3. The van der Waals surface area contributed by atoms with E-state index in [1.807, 2.05) is 13.8 Å². The number of alkyl halides is 3. The van der Waals surface area contributed by atoms with Crippen molar-refractivity contribution < 1.29 is 26.4 Å². The van der Waals surface area contributed by atoms with Gasteiger partial charge in [0.15, 0.2) is 0 Å². The van der Waals surface area contributed by atoms with Crippen molar-refractivity contribution in [1.82, 2.24) is 4.31 Å². The average Bonchev–Trinajstić information content (AvgIpc) is 2.68. The molecule has 0 radical (unpaired) electrons. The van der Waals surface area contributed by atoms with Gasteiger partial charge in [0.05, 0.1) is 21.2 Å². The zero-order valence-electron chi connectivity index (χ0n) is 16.5. The van der Waals surface area contributed by atoms with Gasteiger partial charge in [0.25, 0.3) is 5.91 Å². The molecule has 10 heteroatoms. The third-order valence-corrected chi connectivity index (χ3v) is 6.48. The Morgan fingerprint density at radius 3 is 2.10 bits per heavy atom. The molecule has 0 heterocycles. The van der Waals surface area contributed by atoms with Crippen LogP contribution in [0.25, 0.3) is 0 Å². The lowest BCUT2D eigenvalue weighted by Crippen LogP contribution is -2.32. The maximum atomic E-state index is 12.9. The van der Waals surface area contributed by atoms with Crippen LogP contribution in [0.4, 0.5) is 18.9 Å². The predicted octanol–water partition coefficient (Wildman–Crippen LogP) is 5.42. The third kappa shape index (κ3) is 5.74. The Hall–Kier alpha value is -2.10. The van der Waals surface area contributed by atoms with Gasteiger partial charge >= 0.3 is 6.18 Å². The molecule has 0 spiro atoms. The molecule has 1 amide bonds. The molecule has 0 saturated carbocycles. The van der Waals surface area contributed by atoms with Crippen molar-refractivity contribution in [3.05, 3.63) is 58.6 Å². The Morgan fingerprint density at radius 1 is 1.03 bits per heavy atom. The van der Waals surface area contributed by atoms with E-state index in [9.17, 15) is 26.4 Å². The lowest BCUT2D eigenvalue weighted by atomic mass is 10.1. The molecule has 2 rings (SSSR count). The van der Waals surface area contributed by atoms with E-state index in [0.29, 0.717) is 25.9 Å². The first kappa shape index (κ1) is 24.2. The third-order valence-electron chi connectivity index (χ3n) is 4.24. The standard InChI is InChI=1S/C20H22ClF3N2O3S/c1-3-11-26(12-4-2)30(28,29)16-8-5-14(6-9-16)19(27)25-18-13-15(20(22,23)24)7-10-17(18)21/h5-10,13H,3-4,11-12H2,1-2H3,(H,25,27). The van der Waals surface area contributed by atoms with Gasteiger partial charge in [0, 0.05) is 18.7 Å². The summed E-state index contributed by atoms with van der Waals surface area (Å²) in [5, 5.41) is 2.28. The lowest BCUT2D eigenvalue weighted by molar-refractivity contribution is -0.137. The molecular formula is C20H22ClF3N2O3S. The van der Waals surface area contributed by atoms with Gasteiger partial charge in [-0.2, -0.15) is 17.5 Å². The molecule has 0 aliphatic heterocycles. The molecule has 0 aliphatic carbocycles. The van der Waals surface area contributed by atoms with Crippen LogP contribution >= 0.6 is 11.6 Å². The molecule has 164 valence electrons. The van der Waals surface area contributed by atoms with E-state index < -0.39 is 27.7 Å². The fourth-order valence-electron chi connectivity index (χ4n) is 2.77. The number of sulfonamides is 1. The molecule has 5 nitrogen and oxygen atoms in total. The highest BCUT2D eigenvalue weighted by molar-refractivity contribution is 7.89. The fraction of sp³-hybridized carbons (Fsp3) is 0.350. The summed E-state index contributed by atoms with van der Waals surface area (Å²) in [7, 11) is -3.70. The van der Waals surface area contributed by atoms with Gasteiger partial charge in [-0.3, -0.25) is 4.79 Å². The molecule has 0 aliphatic rings. The number of nitrogens with one attached hydrogen (secondary N) is 1. The van der Waals surface area contributed by atoms with Crippen LogP contribution < -0.4 is 5.32 Å². The summed E-state index contributed by atoms with van der Waals surface area (Å²) in [6.07, 6.45) is -3.25.